The summed E-state index contributed by atoms with van der Waals surface area (Å²) in [5, 5.41) is 2.83. The summed E-state index contributed by atoms with van der Waals surface area (Å²) in [6.07, 6.45) is 0. The highest BCUT2D eigenvalue weighted by Crippen LogP contribution is 2.27. The third-order valence-corrected chi connectivity index (χ3v) is 8.74. The zero-order valence-electron chi connectivity index (χ0n) is 19.6. The van der Waals surface area contributed by atoms with Gasteiger partial charge in [-0.05, 0) is 67.1 Å². The largest absolute Gasteiger partial charge is 0.325 e. The lowest BCUT2D eigenvalue weighted by molar-refractivity contribution is -0.114. The van der Waals surface area contributed by atoms with Crippen LogP contribution in [0.5, 0.6) is 0 Å². The maximum absolute atomic E-state index is 13.5. The van der Waals surface area contributed by atoms with Gasteiger partial charge in [-0.25, -0.2) is 8.42 Å². The van der Waals surface area contributed by atoms with Crippen LogP contribution in [0.1, 0.15) is 11.1 Å². The second-order valence-electron chi connectivity index (χ2n) is 8.15. The van der Waals surface area contributed by atoms with Crippen molar-refractivity contribution in [1.29, 1.82) is 0 Å². The van der Waals surface area contributed by atoms with Crippen LogP contribution in [0.2, 0.25) is 0 Å². The molecule has 0 atom stereocenters. The predicted molar refractivity (Wildman–Crippen MR) is 151 cm³/mol. The van der Waals surface area contributed by atoms with E-state index >= 15 is 0 Å². The van der Waals surface area contributed by atoms with E-state index in [1.54, 1.807) is 60.3 Å². The van der Waals surface area contributed by atoms with E-state index in [1.165, 1.54) is 4.90 Å². The van der Waals surface area contributed by atoms with E-state index in [-0.39, 0.29) is 11.4 Å². The van der Waals surface area contributed by atoms with Crippen LogP contribution in [0.15, 0.2) is 117 Å². The number of hydrogen-bond acceptors (Lipinski definition) is 4. The van der Waals surface area contributed by atoms with Crippen molar-refractivity contribution in [3.8, 4) is 0 Å². The molecule has 0 unspecified atom stereocenters. The summed E-state index contributed by atoms with van der Waals surface area (Å²) in [4.78, 5) is 14.3. The lowest BCUT2D eigenvalue weighted by Crippen LogP contribution is -2.38. The van der Waals surface area contributed by atoms with E-state index in [2.05, 4.69) is 33.4 Å². The molecule has 4 aromatic rings. The van der Waals surface area contributed by atoms with Crippen molar-refractivity contribution in [3.05, 3.63) is 119 Å². The summed E-state index contributed by atoms with van der Waals surface area (Å²) < 4.78 is 28.9. The van der Waals surface area contributed by atoms with Gasteiger partial charge < -0.3 is 5.32 Å². The number of anilines is 2. The van der Waals surface area contributed by atoms with E-state index in [0.717, 1.165) is 21.2 Å². The highest BCUT2D eigenvalue weighted by Gasteiger charge is 2.27. The number of amides is 1. The number of sulfonamides is 1. The van der Waals surface area contributed by atoms with Crippen LogP contribution in [0.3, 0.4) is 0 Å². The summed E-state index contributed by atoms with van der Waals surface area (Å²) in [5.41, 5.74) is 3.08. The fourth-order valence-corrected chi connectivity index (χ4v) is 6.16. The number of halogens is 1. The standard InChI is InChI=1S/C28H25BrN2O3S2/c1-21-10-16-27(17-11-21)36(33,34)31(25-7-5-6-23(29)18-25)19-28(32)30-24-14-12-22(13-15-24)20-35-26-8-3-2-4-9-26/h2-18H,19-20H2,1H3,(H,30,32). The Hall–Kier alpha value is -3.07. The number of nitrogens with zero attached hydrogens (tertiary/aromatic N) is 1. The van der Waals surface area contributed by atoms with Gasteiger partial charge in [0.05, 0.1) is 10.6 Å². The minimum Gasteiger partial charge on any atom is -0.325 e. The fraction of sp³-hybridized carbons (Fsp3) is 0.107. The molecular weight excluding hydrogens is 556 g/mol. The number of carbonyl (C=O) groups is 1. The molecule has 0 heterocycles. The van der Waals surface area contributed by atoms with E-state index in [1.807, 2.05) is 49.4 Å². The van der Waals surface area contributed by atoms with Crippen LogP contribution in [0.4, 0.5) is 11.4 Å². The van der Waals surface area contributed by atoms with Gasteiger partial charge in [0.15, 0.2) is 0 Å². The molecule has 1 amide bonds. The van der Waals surface area contributed by atoms with Crippen molar-refractivity contribution >= 4 is 55.0 Å². The van der Waals surface area contributed by atoms with Gasteiger partial charge in [0.2, 0.25) is 5.91 Å². The molecule has 0 aliphatic rings. The molecule has 1 N–H and O–H groups in total. The van der Waals surface area contributed by atoms with E-state index in [4.69, 9.17) is 0 Å². The smallest absolute Gasteiger partial charge is 0.264 e. The topological polar surface area (TPSA) is 66.5 Å². The molecule has 0 aromatic heterocycles. The van der Waals surface area contributed by atoms with Gasteiger partial charge in [-0.3, -0.25) is 9.10 Å². The molecule has 5 nitrogen and oxygen atoms in total. The van der Waals surface area contributed by atoms with Gasteiger partial charge in [-0.15, -0.1) is 11.8 Å². The summed E-state index contributed by atoms with van der Waals surface area (Å²) in [6, 6.07) is 31.2. The Labute approximate surface area is 224 Å². The Morgan fingerprint density at radius 1 is 0.889 bits per heavy atom. The maximum atomic E-state index is 13.5. The first kappa shape index (κ1) is 26.0. The molecule has 0 spiro atoms. The minimum atomic E-state index is -3.97. The summed E-state index contributed by atoms with van der Waals surface area (Å²) in [5.74, 6) is 0.376. The van der Waals surface area contributed by atoms with Crippen molar-refractivity contribution < 1.29 is 13.2 Å². The number of nitrogens with one attached hydrogen (secondary N) is 1. The van der Waals surface area contributed by atoms with Crippen LogP contribution in [-0.2, 0) is 20.6 Å². The quantitative estimate of drug-likeness (QED) is 0.219. The van der Waals surface area contributed by atoms with E-state index in [9.17, 15) is 13.2 Å². The summed E-state index contributed by atoms with van der Waals surface area (Å²) in [7, 11) is -3.97. The molecule has 0 radical (unpaired) electrons. The van der Waals surface area contributed by atoms with Crippen molar-refractivity contribution in [3.63, 3.8) is 0 Å². The molecule has 0 aliphatic heterocycles. The lowest BCUT2D eigenvalue weighted by atomic mass is 10.2. The van der Waals surface area contributed by atoms with Gasteiger partial charge in [0.25, 0.3) is 10.0 Å². The highest BCUT2D eigenvalue weighted by molar-refractivity contribution is 9.10. The Bertz CT molecular complexity index is 1430. The molecule has 0 aliphatic carbocycles. The summed E-state index contributed by atoms with van der Waals surface area (Å²) >= 11 is 5.13. The van der Waals surface area contributed by atoms with Gasteiger partial charge >= 0.3 is 0 Å². The normalized spacial score (nSPS) is 11.2. The van der Waals surface area contributed by atoms with Crippen LogP contribution in [0, 0.1) is 6.92 Å². The predicted octanol–water partition coefficient (Wildman–Crippen LogP) is 6.88. The Kier molecular flexibility index (Phi) is 8.51. The van der Waals surface area contributed by atoms with Crippen molar-refractivity contribution in [2.24, 2.45) is 0 Å². The molecule has 184 valence electrons. The molecule has 8 heteroatoms. The lowest BCUT2D eigenvalue weighted by Gasteiger charge is -2.24. The van der Waals surface area contributed by atoms with Gasteiger partial charge in [0.1, 0.15) is 6.54 Å². The third-order valence-electron chi connectivity index (χ3n) is 5.38. The first-order valence-electron chi connectivity index (χ1n) is 11.2. The third kappa shape index (κ3) is 6.78. The van der Waals surface area contributed by atoms with Crippen LogP contribution >= 0.6 is 27.7 Å². The monoisotopic (exact) mass is 580 g/mol. The SMILES string of the molecule is Cc1ccc(S(=O)(=O)N(CC(=O)Nc2ccc(CSc3ccccc3)cc2)c2cccc(Br)c2)cc1. The zero-order valence-corrected chi connectivity index (χ0v) is 22.8. The van der Waals surface area contributed by atoms with Crippen molar-refractivity contribution in [2.45, 2.75) is 22.5 Å². The number of hydrogen-bond donors (Lipinski definition) is 1. The molecule has 4 aromatic carbocycles. The fourth-order valence-electron chi connectivity index (χ4n) is 3.48. The van der Waals surface area contributed by atoms with Gasteiger partial charge in [0, 0.05) is 20.8 Å². The minimum absolute atomic E-state index is 0.126. The van der Waals surface area contributed by atoms with E-state index < -0.39 is 15.9 Å². The molecular formula is C28H25BrN2O3S2. The Morgan fingerprint density at radius 3 is 2.25 bits per heavy atom. The summed E-state index contributed by atoms with van der Waals surface area (Å²) in [6.45, 7) is 1.53. The second-order valence-corrected chi connectivity index (χ2v) is 12.0. The van der Waals surface area contributed by atoms with Crippen molar-refractivity contribution in [2.75, 3.05) is 16.2 Å². The average Bonchev–Trinajstić information content (AvgIpc) is 2.88. The number of carbonyl (C=O) groups excluding carboxylic acids is 1. The van der Waals surface area contributed by atoms with Crippen molar-refractivity contribution in [1.82, 2.24) is 0 Å². The molecule has 4 rings (SSSR count). The first-order valence-corrected chi connectivity index (χ1v) is 14.4. The molecule has 0 saturated heterocycles. The van der Waals surface area contributed by atoms with Crippen LogP contribution in [-0.4, -0.2) is 20.9 Å². The maximum Gasteiger partial charge on any atom is 0.264 e. The van der Waals surface area contributed by atoms with Crippen LogP contribution in [0.25, 0.3) is 0 Å². The average molecular weight is 582 g/mol. The zero-order chi connectivity index (χ0) is 25.5. The number of aryl methyl sites for hydroxylation is 1. The first-order chi connectivity index (χ1) is 17.3. The van der Waals surface area contributed by atoms with Gasteiger partial charge in [-0.1, -0.05) is 70.0 Å². The molecule has 0 saturated carbocycles. The highest BCUT2D eigenvalue weighted by atomic mass is 79.9. The number of benzene rings is 4. The van der Waals surface area contributed by atoms with Gasteiger partial charge in [-0.2, -0.15) is 0 Å². The van der Waals surface area contributed by atoms with Crippen LogP contribution < -0.4 is 9.62 Å². The Morgan fingerprint density at radius 2 is 1.58 bits per heavy atom. The van der Waals surface area contributed by atoms with E-state index in [0.29, 0.717) is 15.8 Å². The molecule has 0 bridgehead atoms. The molecule has 36 heavy (non-hydrogen) atoms. The molecule has 0 fully saturated rings. The Balaban J connectivity index is 1.48. The number of thioether (sulfide) groups is 1. The second kappa shape index (κ2) is 11.8. The number of rotatable bonds is 9.